The second-order valence-electron chi connectivity index (χ2n) is 4.11. The van der Waals surface area contributed by atoms with Gasteiger partial charge in [0, 0.05) is 6.61 Å². The van der Waals surface area contributed by atoms with E-state index in [4.69, 9.17) is 4.74 Å². The van der Waals surface area contributed by atoms with Crippen LogP contribution in [0, 0.1) is 5.41 Å². The summed E-state index contributed by atoms with van der Waals surface area (Å²) in [6.07, 6.45) is 4.01. The molecule has 2 rings (SSSR count). The molecule has 1 spiro atoms. The van der Waals surface area contributed by atoms with Gasteiger partial charge in [0.15, 0.2) is 0 Å². The van der Waals surface area contributed by atoms with Gasteiger partial charge in [-0.15, -0.1) is 0 Å². The first-order chi connectivity index (χ1) is 6.31. The highest BCUT2D eigenvalue weighted by Crippen LogP contribution is 2.38. The van der Waals surface area contributed by atoms with Gasteiger partial charge in [-0.1, -0.05) is 13.8 Å². The summed E-state index contributed by atoms with van der Waals surface area (Å²) in [6.45, 7) is 8.57. The first kappa shape index (κ1) is 11.0. The van der Waals surface area contributed by atoms with E-state index in [0.29, 0.717) is 5.41 Å². The van der Waals surface area contributed by atoms with Crippen LogP contribution in [0.1, 0.15) is 33.1 Å². The molecule has 78 valence electrons. The lowest BCUT2D eigenvalue weighted by Crippen LogP contribution is -2.38. The predicted molar refractivity (Wildman–Crippen MR) is 55.9 cm³/mol. The number of ether oxygens (including phenoxy) is 1. The zero-order valence-electron chi connectivity index (χ0n) is 9.31. The molecular weight excluding hydrogens is 162 g/mol. The van der Waals surface area contributed by atoms with E-state index in [2.05, 4.69) is 11.9 Å². The fraction of sp³-hybridized carbons (Fsp3) is 1.00. The van der Waals surface area contributed by atoms with Crippen molar-refractivity contribution in [2.75, 3.05) is 33.4 Å². The number of hydrogen-bond donors (Lipinski definition) is 0. The smallest absolute Gasteiger partial charge is 0.0524 e. The van der Waals surface area contributed by atoms with Gasteiger partial charge < -0.3 is 9.64 Å². The van der Waals surface area contributed by atoms with Gasteiger partial charge in [0.25, 0.3) is 0 Å². The Kier molecular flexibility index (Phi) is 4.20. The maximum atomic E-state index is 5.45. The molecule has 2 saturated heterocycles. The molecule has 13 heavy (non-hydrogen) atoms. The van der Waals surface area contributed by atoms with Crippen LogP contribution in [0.2, 0.25) is 0 Å². The standard InChI is InChI=1S/C9H17NO.C2H6/c1-10-5-2-9(3-6-10)4-7-11-8-9;1-2/h2-8H2,1H3;1-2H3. The van der Waals surface area contributed by atoms with E-state index in [1.54, 1.807) is 0 Å². The van der Waals surface area contributed by atoms with Gasteiger partial charge in [0.2, 0.25) is 0 Å². The molecule has 0 aliphatic carbocycles. The Morgan fingerprint density at radius 2 is 1.69 bits per heavy atom. The molecule has 2 nitrogen and oxygen atoms in total. The lowest BCUT2D eigenvalue weighted by Gasteiger charge is -2.36. The van der Waals surface area contributed by atoms with E-state index < -0.39 is 0 Å². The second kappa shape index (κ2) is 4.97. The van der Waals surface area contributed by atoms with Crippen LogP contribution in [0.15, 0.2) is 0 Å². The van der Waals surface area contributed by atoms with Crippen molar-refractivity contribution in [3.05, 3.63) is 0 Å². The lowest BCUT2D eigenvalue weighted by molar-refractivity contribution is 0.0921. The highest BCUT2D eigenvalue weighted by Gasteiger charge is 2.36. The highest BCUT2D eigenvalue weighted by molar-refractivity contribution is 4.87. The van der Waals surface area contributed by atoms with Crippen molar-refractivity contribution in [3.8, 4) is 0 Å². The molecule has 2 aliphatic rings. The van der Waals surface area contributed by atoms with Gasteiger partial charge >= 0.3 is 0 Å². The minimum Gasteiger partial charge on any atom is -0.381 e. The van der Waals surface area contributed by atoms with Crippen LogP contribution in [0.25, 0.3) is 0 Å². The van der Waals surface area contributed by atoms with Crippen LogP contribution in [0.4, 0.5) is 0 Å². The van der Waals surface area contributed by atoms with E-state index >= 15 is 0 Å². The maximum absolute atomic E-state index is 5.45. The minimum atomic E-state index is 0.590. The summed E-state index contributed by atoms with van der Waals surface area (Å²) in [6, 6.07) is 0. The maximum Gasteiger partial charge on any atom is 0.0524 e. The summed E-state index contributed by atoms with van der Waals surface area (Å²) < 4.78 is 5.45. The Bertz CT molecular complexity index is 131. The molecular formula is C11H23NO. The van der Waals surface area contributed by atoms with Gasteiger partial charge in [0.05, 0.1) is 6.61 Å². The predicted octanol–water partition coefficient (Wildman–Crippen LogP) is 2.14. The van der Waals surface area contributed by atoms with Gasteiger partial charge in [0.1, 0.15) is 0 Å². The molecule has 0 aromatic carbocycles. The third-order valence-electron chi connectivity index (χ3n) is 3.23. The Balaban J connectivity index is 0.000000396. The molecule has 2 aliphatic heterocycles. The third kappa shape index (κ3) is 2.68. The van der Waals surface area contributed by atoms with Gasteiger partial charge in [-0.25, -0.2) is 0 Å². The molecule has 0 bridgehead atoms. The normalized spacial score (nSPS) is 27.0. The van der Waals surface area contributed by atoms with Crippen molar-refractivity contribution in [2.24, 2.45) is 5.41 Å². The number of likely N-dealkylation sites (tertiary alicyclic amines) is 1. The Morgan fingerprint density at radius 3 is 2.15 bits per heavy atom. The van der Waals surface area contributed by atoms with E-state index in [1.807, 2.05) is 13.8 Å². The molecule has 0 amide bonds. The number of hydrogen-bond acceptors (Lipinski definition) is 2. The summed E-state index contributed by atoms with van der Waals surface area (Å²) in [4.78, 5) is 2.42. The summed E-state index contributed by atoms with van der Waals surface area (Å²) in [7, 11) is 2.21. The molecule has 0 N–H and O–H groups in total. The van der Waals surface area contributed by atoms with Crippen LogP contribution in [0.5, 0.6) is 0 Å². The van der Waals surface area contributed by atoms with Gasteiger partial charge in [-0.3, -0.25) is 0 Å². The zero-order chi connectivity index (χ0) is 9.73. The highest BCUT2D eigenvalue weighted by atomic mass is 16.5. The summed E-state index contributed by atoms with van der Waals surface area (Å²) in [5, 5.41) is 0. The molecule has 2 fully saturated rings. The minimum absolute atomic E-state index is 0.590. The molecule has 0 aromatic heterocycles. The number of rotatable bonds is 0. The Hall–Kier alpha value is -0.0800. The fourth-order valence-corrected chi connectivity index (χ4v) is 2.14. The van der Waals surface area contributed by atoms with Crippen molar-refractivity contribution < 1.29 is 4.74 Å². The molecule has 0 aromatic rings. The molecule has 0 saturated carbocycles. The van der Waals surface area contributed by atoms with Crippen molar-refractivity contribution in [2.45, 2.75) is 33.1 Å². The first-order valence-corrected chi connectivity index (χ1v) is 5.57. The molecule has 0 atom stereocenters. The Labute approximate surface area is 82.3 Å². The van der Waals surface area contributed by atoms with E-state index in [9.17, 15) is 0 Å². The second-order valence-corrected chi connectivity index (χ2v) is 4.11. The van der Waals surface area contributed by atoms with Crippen LogP contribution < -0.4 is 0 Å². The van der Waals surface area contributed by atoms with Crippen LogP contribution in [0.3, 0.4) is 0 Å². The van der Waals surface area contributed by atoms with E-state index in [1.165, 1.54) is 32.4 Å². The van der Waals surface area contributed by atoms with Crippen molar-refractivity contribution >= 4 is 0 Å². The van der Waals surface area contributed by atoms with Crippen molar-refractivity contribution in [1.82, 2.24) is 4.90 Å². The largest absolute Gasteiger partial charge is 0.381 e. The molecule has 2 heterocycles. The third-order valence-corrected chi connectivity index (χ3v) is 3.23. The average Bonchev–Trinajstić information content (AvgIpc) is 2.63. The molecule has 0 radical (unpaired) electrons. The summed E-state index contributed by atoms with van der Waals surface area (Å²) in [5.74, 6) is 0. The quantitative estimate of drug-likeness (QED) is 0.573. The first-order valence-electron chi connectivity index (χ1n) is 5.57. The zero-order valence-corrected chi connectivity index (χ0v) is 9.31. The molecule has 2 heteroatoms. The SMILES string of the molecule is CC.CN1CCC2(CCOC2)CC1. The monoisotopic (exact) mass is 185 g/mol. The number of nitrogens with zero attached hydrogens (tertiary/aromatic N) is 1. The van der Waals surface area contributed by atoms with Crippen LogP contribution in [-0.4, -0.2) is 38.3 Å². The van der Waals surface area contributed by atoms with E-state index in [0.717, 1.165) is 13.2 Å². The van der Waals surface area contributed by atoms with Crippen LogP contribution >= 0.6 is 0 Å². The van der Waals surface area contributed by atoms with Crippen LogP contribution in [-0.2, 0) is 4.74 Å². The summed E-state index contributed by atoms with van der Waals surface area (Å²) in [5.41, 5.74) is 0.590. The topological polar surface area (TPSA) is 12.5 Å². The van der Waals surface area contributed by atoms with Gasteiger partial charge in [-0.05, 0) is 44.8 Å². The van der Waals surface area contributed by atoms with E-state index in [-0.39, 0.29) is 0 Å². The average molecular weight is 185 g/mol. The Morgan fingerprint density at radius 1 is 1.08 bits per heavy atom. The number of piperidine rings is 1. The van der Waals surface area contributed by atoms with Crippen molar-refractivity contribution in [1.29, 1.82) is 0 Å². The lowest BCUT2D eigenvalue weighted by atomic mass is 9.78. The van der Waals surface area contributed by atoms with Crippen molar-refractivity contribution in [3.63, 3.8) is 0 Å². The summed E-state index contributed by atoms with van der Waals surface area (Å²) >= 11 is 0. The fourth-order valence-electron chi connectivity index (χ4n) is 2.14. The van der Waals surface area contributed by atoms with Gasteiger partial charge in [-0.2, -0.15) is 0 Å². The molecule has 0 unspecified atom stereocenters.